The van der Waals surface area contributed by atoms with Crippen molar-refractivity contribution in [3.05, 3.63) is 65.1 Å². The lowest BCUT2D eigenvalue weighted by molar-refractivity contribution is -0.140. The van der Waals surface area contributed by atoms with E-state index in [1.54, 1.807) is 6.07 Å². The van der Waals surface area contributed by atoms with Crippen LogP contribution in [0, 0.1) is 13.8 Å². The Hall–Kier alpha value is -3.15. The first-order valence-electron chi connectivity index (χ1n) is 9.90. The average molecular weight is 393 g/mol. The van der Waals surface area contributed by atoms with Crippen LogP contribution >= 0.6 is 0 Å². The number of aryl methyl sites for hydroxylation is 3. The number of anilines is 1. The molecule has 0 spiro atoms. The molecule has 0 atom stereocenters. The number of fused-ring (bicyclic) bond motifs is 1. The second-order valence-corrected chi connectivity index (χ2v) is 7.25. The van der Waals surface area contributed by atoms with Crippen LogP contribution < -0.4 is 5.32 Å². The van der Waals surface area contributed by atoms with Crippen LogP contribution in [0.2, 0.25) is 0 Å². The van der Waals surface area contributed by atoms with Gasteiger partial charge in [-0.25, -0.2) is 4.98 Å². The number of ether oxygens (including phenoxy) is 1. The van der Waals surface area contributed by atoms with E-state index in [0.29, 0.717) is 17.6 Å². The largest absolute Gasteiger partial charge is 0.469 e. The van der Waals surface area contributed by atoms with E-state index in [4.69, 9.17) is 0 Å². The van der Waals surface area contributed by atoms with Crippen LogP contribution in [0.15, 0.2) is 42.6 Å². The number of methoxy groups -OCH3 is 1. The smallest absolute Gasteiger partial charge is 0.305 e. The van der Waals surface area contributed by atoms with Gasteiger partial charge in [0.05, 0.1) is 12.7 Å². The van der Waals surface area contributed by atoms with Gasteiger partial charge in [0.25, 0.3) is 5.91 Å². The predicted octanol–water partition coefficient (Wildman–Crippen LogP) is 4.48. The van der Waals surface area contributed by atoms with Gasteiger partial charge in [0, 0.05) is 29.7 Å². The summed E-state index contributed by atoms with van der Waals surface area (Å²) in [7, 11) is 1.41. The minimum absolute atomic E-state index is 0.159. The minimum atomic E-state index is -0.166. The molecule has 0 aliphatic carbocycles. The quantitative estimate of drug-likeness (QED) is 0.452. The van der Waals surface area contributed by atoms with Gasteiger partial charge >= 0.3 is 5.97 Å². The summed E-state index contributed by atoms with van der Waals surface area (Å²) < 4.78 is 6.58. The first kappa shape index (κ1) is 20.6. The van der Waals surface area contributed by atoms with E-state index in [2.05, 4.69) is 21.1 Å². The van der Waals surface area contributed by atoms with Crippen LogP contribution in [0.4, 0.5) is 5.69 Å². The molecule has 1 amide bonds. The van der Waals surface area contributed by atoms with Crippen molar-refractivity contribution in [2.24, 2.45) is 0 Å². The van der Waals surface area contributed by atoms with Gasteiger partial charge in [-0.1, -0.05) is 18.6 Å². The Morgan fingerprint density at radius 2 is 1.93 bits per heavy atom. The van der Waals surface area contributed by atoms with Gasteiger partial charge in [-0.05, 0) is 62.9 Å². The molecule has 3 rings (SSSR count). The number of carbonyl (C=O) groups excluding carboxylic acids is 2. The number of aromatic nitrogens is 2. The first-order chi connectivity index (χ1) is 14.0. The van der Waals surface area contributed by atoms with Crippen molar-refractivity contribution in [1.29, 1.82) is 0 Å². The topological polar surface area (TPSA) is 72.7 Å². The summed E-state index contributed by atoms with van der Waals surface area (Å²) in [5.41, 5.74) is 5.09. The molecule has 0 saturated heterocycles. The second kappa shape index (κ2) is 9.37. The molecule has 0 radical (unpaired) electrons. The molecular weight excluding hydrogens is 366 g/mol. The van der Waals surface area contributed by atoms with E-state index in [1.165, 1.54) is 7.11 Å². The average Bonchev–Trinajstić information content (AvgIpc) is 3.12. The predicted molar refractivity (Wildman–Crippen MR) is 113 cm³/mol. The maximum atomic E-state index is 12.8. The number of unbranched alkanes of at least 4 members (excludes halogenated alkanes) is 2. The summed E-state index contributed by atoms with van der Waals surface area (Å²) in [6, 6.07) is 11.7. The zero-order chi connectivity index (χ0) is 20.8. The van der Waals surface area contributed by atoms with Crippen molar-refractivity contribution in [3.8, 4) is 0 Å². The lowest BCUT2D eigenvalue weighted by Crippen LogP contribution is -2.12. The van der Waals surface area contributed by atoms with E-state index in [-0.39, 0.29) is 11.9 Å². The molecule has 2 aromatic heterocycles. The second-order valence-electron chi connectivity index (χ2n) is 7.25. The molecule has 152 valence electrons. The van der Waals surface area contributed by atoms with Gasteiger partial charge in [0.2, 0.25) is 0 Å². The molecule has 0 bridgehead atoms. The molecule has 2 heterocycles. The molecule has 0 unspecified atom stereocenters. The van der Waals surface area contributed by atoms with Crippen LogP contribution in [-0.4, -0.2) is 28.4 Å². The number of rotatable bonds is 8. The van der Waals surface area contributed by atoms with Crippen LogP contribution in [0.3, 0.4) is 0 Å². The Balaban J connectivity index is 1.61. The van der Waals surface area contributed by atoms with E-state index in [1.807, 2.05) is 48.7 Å². The number of esters is 1. The summed E-state index contributed by atoms with van der Waals surface area (Å²) in [6.07, 6.45) is 6.02. The molecule has 0 fully saturated rings. The van der Waals surface area contributed by atoms with Crippen molar-refractivity contribution in [2.75, 3.05) is 12.4 Å². The fourth-order valence-corrected chi connectivity index (χ4v) is 3.45. The number of carbonyl (C=O) groups is 2. The molecule has 0 saturated carbocycles. The molecule has 1 N–H and O–H groups in total. The monoisotopic (exact) mass is 393 g/mol. The van der Waals surface area contributed by atoms with Crippen molar-refractivity contribution < 1.29 is 14.3 Å². The minimum Gasteiger partial charge on any atom is -0.469 e. The summed E-state index contributed by atoms with van der Waals surface area (Å²) in [6.45, 7) is 3.92. The Labute approximate surface area is 170 Å². The highest BCUT2D eigenvalue weighted by Gasteiger charge is 2.14. The summed E-state index contributed by atoms with van der Waals surface area (Å²) in [5.74, 6) is -0.326. The number of nitrogens with zero attached hydrogens (tertiary/aromatic N) is 2. The van der Waals surface area contributed by atoms with E-state index in [0.717, 1.165) is 48.3 Å². The molecule has 29 heavy (non-hydrogen) atoms. The normalized spacial score (nSPS) is 10.9. The summed E-state index contributed by atoms with van der Waals surface area (Å²) >= 11 is 0. The number of hydrogen-bond donors (Lipinski definition) is 1. The van der Waals surface area contributed by atoms with Crippen LogP contribution in [0.5, 0.6) is 0 Å². The lowest BCUT2D eigenvalue weighted by Gasteiger charge is -2.08. The van der Waals surface area contributed by atoms with Crippen LogP contribution in [0.1, 0.15) is 53.0 Å². The van der Waals surface area contributed by atoms with E-state index < -0.39 is 0 Å². The Morgan fingerprint density at radius 1 is 1.10 bits per heavy atom. The molecule has 6 heteroatoms. The highest BCUT2D eigenvalue weighted by atomic mass is 16.5. The van der Waals surface area contributed by atoms with Gasteiger partial charge in [-0.2, -0.15) is 0 Å². The number of amides is 1. The van der Waals surface area contributed by atoms with Gasteiger partial charge in [-0.15, -0.1) is 0 Å². The first-order valence-corrected chi connectivity index (χ1v) is 9.90. The zero-order valence-corrected chi connectivity index (χ0v) is 17.2. The standard InChI is InChI=1S/C23H27N3O3/c1-16-14-17(2)26-13-12-20(22(26)24-16)23(28)25-19-10-7-9-18(15-19)8-5-4-6-11-21(27)29-3/h7,9-10,12-15H,4-6,8,11H2,1-3H3,(H,25,28). The summed E-state index contributed by atoms with van der Waals surface area (Å²) in [4.78, 5) is 28.5. The third-order valence-corrected chi connectivity index (χ3v) is 4.94. The number of hydrogen-bond acceptors (Lipinski definition) is 4. The Kier molecular flexibility index (Phi) is 6.65. The van der Waals surface area contributed by atoms with Crippen molar-refractivity contribution >= 4 is 23.2 Å². The SMILES string of the molecule is COC(=O)CCCCCc1cccc(NC(=O)c2ccn3c(C)cc(C)nc23)c1. The van der Waals surface area contributed by atoms with Gasteiger partial charge in [0.1, 0.15) is 5.65 Å². The molecule has 0 aliphatic heterocycles. The van der Waals surface area contributed by atoms with Gasteiger partial charge < -0.3 is 14.5 Å². The van der Waals surface area contributed by atoms with Crippen molar-refractivity contribution in [1.82, 2.24) is 9.38 Å². The van der Waals surface area contributed by atoms with Crippen LogP contribution in [0.25, 0.3) is 5.65 Å². The number of nitrogens with one attached hydrogen (secondary N) is 1. The van der Waals surface area contributed by atoms with Crippen molar-refractivity contribution in [3.63, 3.8) is 0 Å². The Morgan fingerprint density at radius 3 is 2.72 bits per heavy atom. The fourth-order valence-electron chi connectivity index (χ4n) is 3.45. The van der Waals surface area contributed by atoms with Crippen molar-refractivity contribution in [2.45, 2.75) is 46.0 Å². The Bertz CT molecular complexity index is 1020. The fraction of sp³-hybridized carbons (Fsp3) is 0.348. The third-order valence-electron chi connectivity index (χ3n) is 4.94. The molecule has 3 aromatic rings. The molecule has 6 nitrogen and oxygen atoms in total. The van der Waals surface area contributed by atoms with E-state index in [9.17, 15) is 9.59 Å². The van der Waals surface area contributed by atoms with Gasteiger partial charge in [0.15, 0.2) is 0 Å². The van der Waals surface area contributed by atoms with Crippen LogP contribution in [-0.2, 0) is 16.0 Å². The highest BCUT2D eigenvalue weighted by Crippen LogP contribution is 2.18. The molecule has 0 aliphatic rings. The maximum absolute atomic E-state index is 12.8. The highest BCUT2D eigenvalue weighted by molar-refractivity contribution is 6.08. The molecular formula is C23H27N3O3. The van der Waals surface area contributed by atoms with E-state index >= 15 is 0 Å². The molecule has 1 aromatic carbocycles. The zero-order valence-electron chi connectivity index (χ0n) is 17.2. The number of benzene rings is 1. The summed E-state index contributed by atoms with van der Waals surface area (Å²) in [5, 5.41) is 2.99. The lowest BCUT2D eigenvalue weighted by atomic mass is 10.1. The van der Waals surface area contributed by atoms with Gasteiger partial charge in [-0.3, -0.25) is 9.59 Å². The maximum Gasteiger partial charge on any atom is 0.305 e. The third kappa shape index (κ3) is 5.22.